The van der Waals surface area contributed by atoms with E-state index in [1.54, 1.807) is 0 Å². The summed E-state index contributed by atoms with van der Waals surface area (Å²) >= 11 is 3.41. The van der Waals surface area contributed by atoms with Crippen molar-refractivity contribution in [3.05, 3.63) is 22.8 Å². The molecule has 1 aromatic heterocycles. The van der Waals surface area contributed by atoms with Crippen LogP contribution in [0.3, 0.4) is 0 Å². The second-order valence-corrected chi connectivity index (χ2v) is 4.56. The fourth-order valence-corrected chi connectivity index (χ4v) is 2.00. The van der Waals surface area contributed by atoms with E-state index in [1.807, 2.05) is 6.07 Å². The maximum Gasteiger partial charge on any atom is 0.130 e. The SMILES string of the molecule is CCCN(c1cccc(Br)n1)C1CC1. The van der Waals surface area contributed by atoms with E-state index in [9.17, 15) is 0 Å². The molecule has 1 aromatic rings. The third-order valence-electron chi connectivity index (χ3n) is 2.45. The van der Waals surface area contributed by atoms with Gasteiger partial charge < -0.3 is 4.90 Å². The molecular weight excluding hydrogens is 240 g/mol. The Morgan fingerprint density at radius 3 is 2.86 bits per heavy atom. The molecule has 0 amide bonds. The molecule has 0 unspecified atom stereocenters. The van der Waals surface area contributed by atoms with Crippen molar-refractivity contribution in [3.63, 3.8) is 0 Å². The van der Waals surface area contributed by atoms with Crippen LogP contribution in [0.1, 0.15) is 26.2 Å². The minimum Gasteiger partial charge on any atom is -0.354 e. The normalized spacial score (nSPS) is 15.6. The zero-order valence-electron chi connectivity index (χ0n) is 8.41. The van der Waals surface area contributed by atoms with E-state index in [-0.39, 0.29) is 0 Å². The summed E-state index contributed by atoms with van der Waals surface area (Å²) in [5.74, 6) is 1.11. The molecule has 0 saturated heterocycles. The highest BCUT2D eigenvalue weighted by molar-refractivity contribution is 9.10. The molecule has 2 rings (SSSR count). The summed E-state index contributed by atoms with van der Waals surface area (Å²) in [6.07, 6.45) is 3.84. The van der Waals surface area contributed by atoms with E-state index in [1.165, 1.54) is 19.3 Å². The second-order valence-electron chi connectivity index (χ2n) is 3.74. The van der Waals surface area contributed by atoms with E-state index in [4.69, 9.17) is 0 Å². The summed E-state index contributed by atoms with van der Waals surface area (Å²) in [5.41, 5.74) is 0. The fraction of sp³-hybridized carbons (Fsp3) is 0.545. The van der Waals surface area contributed by atoms with Crippen LogP contribution in [0.15, 0.2) is 22.8 Å². The molecule has 1 saturated carbocycles. The highest BCUT2D eigenvalue weighted by atomic mass is 79.9. The van der Waals surface area contributed by atoms with Crippen LogP contribution in [0.5, 0.6) is 0 Å². The average Bonchev–Trinajstić information content (AvgIpc) is 2.97. The van der Waals surface area contributed by atoms with Gasteiger partial charge in [0.1, 0.15) is 10.4 Å². The Morgan fingerprint density at radius 2 is 2.29 bits per heavy atom. The van der Waals surface area contributed by atoms with Gasteiger partial charge in [-0.15, -0.1) is 0 Å². The number of nitrogens with zero attached hydrogens (tertiary/aromatic N) is 2. The number of halogens is 1. The summed E-state index contributed by atoms with van der Waals surface area (Å²) < 4.78 is 0.928. The van der Waals surface area contributed by atoms with Gasteiger partial charge in [0.15, 0.2) is 0 Å². The van der Waals surface area contributed by atoms with Crippen LogP contribution in [-0.2, 0) is 0 Å². The Balaban J connectivity index is 2.16. The molecule has 14 heavy (non-hydrogen) atoms. The molecule has 76 valence electrons. The Labute approximate surface area is 93.5 Å². The quantitative estimate of drug-likeness (QED) is 0.768. The van der Waals surface area contributed by atoms with Crippen molar-refractivity contribution in [2.45, 2.75) is 32.2 Å². The van der Waals surface area contributed by atoms with E-state index in [0.717, 1.165) is 23.0 Å². The summed E-state index contributed by atoms with van der Waals surface area (Å²) in [5, 5.41) is 0. The number of anilines is 1. The monoisotopic (exact) mass is 254 g/mol. The third kappa shape index (κ3) is 2.27. The van der Waals surface area contributed by atoms with E-state index < -0.39 is 0 Å². The topological polar surface area (TPSA) is 16.1 Å². The molecule has 3 heteroatoms. The minimum atomic E-state index is 0.747. The zero-order chi connectivity index (χ0) is 9.97. The number of rotatable bonds is 4. The Bertz CT molecular complexity index is 310. The Hall–Kier alpha value is -0.570. The molecule has 0 bridgehead atoms. The largest absolute Gasteiger partial charge is 0.354 e. The highest BCUT2D eigenvalue weighted by Gasteiger charge is 2.29. The highest BCUT2D eigenvalue weighted by Crippen LogP contribution is 2.31. The average molecular weight is 255 g/mol. The molecule has 1 fully saturated rings. The Morgan fingerprint density at radius 1 is 1.50 bits per heavy atom. The standard InChI is InChI=1S/C11H15BrN2/c1-2-8-14(9-6-7-9)11-5-3-4-10(12)13-11/h3-5,9H,2,6-8H2,1H3. The molecule has 0 spiro atoms. The van der Waals surface area contributed by atoms with Gasteiger partial charge in [-0.25, -0.2) is 4.98 Å². The van der Waals surface area contributed by atoms with Crippen molar-refractivity contribution in [3.8, 4) is 0 Å². The van der Waals surface area contributed by atoms with E-state index in [2.05, 4.69) is 44.9 Å². The predicted octanol–water partition coefficient (Wildman–Crippen LogP) is 3.22. The van der Waals surface area contributed by atoms with Gasteiger partial charge in [0.2, 0.25) is 0 Å². The van der Waals surface area contributed by atoms with Gasteiger partial charge >= 0.3 is 0 Å². The fourth-order valence-electron chi connectivity index (χ4n) is 1.67. The lowest BCUT2D eigenvalue weighted by Crippen LogP contribution is -2.27. The molecule has 0 aliphatic heterocycles. The molecule has 0 aromatic carbocycles. The van der Waals surface area contributed by atoms with Crippen molar-refractivity contribution >= 4 is 21.7 Å². The third-order valence-corrected chi connectivity index (χ3v) is 2.89. The first-order chi connectivity index (χ1) is 6.81. The lowest BCUT2D eigenvalue weighted by Gasteiger charge is -2.22. The van der Waals surface area contributed by atoms with Gasteiger partial charge in [0.25, 0.3) is 0 Å². The van der Waals surface area contributed by atoms with Crippen molar-refractivity contribution in [2.75, 3.05) is 11.4 Å². The molecule has 1 aliphatic carbocycles. The van der Waals surface area contributed by atoms with E-state index >= 15 is 0 Å². The smallest absolute Gasteiger partial charge is 0.130 e. The summed E-state index contributed by atoms with van der Waals surface area (Å²) in [6.45, 7) is 3.33. The maximum atomic E-state index is 4.50. The summed E-state index contributed by atoms with van der Waals surface area (Å²) in [4.78, 5) is 6.92. The lowest BCUT2D eigenvalue weighted by molar-refractivity contribution is 0.749. The first-order valence-electron chi connectivity index (χ1n) is 5.20. The summed E-state index contributed by atoms with van der Waals surface area (Å²) in [6, 6.07) is 6.87. The van der Waals surface area contributed by atoms with Crippen LogP contribution in [-0.4, -0.2) is 17.6 Å². The van der Waals surface area contributed by atoms with Crippen LogP contribution >= 0.6 is 15.9 Å². The number of pyridine rings is 1. The first kappa shape index (κ1) is 9.97. The summed E-state index contributed by atoms with van der Waals surface area (Å²) in [7, 11) is 0. The van der Waals surface area contributed by atoms with Crippen LogP contribution in [0, 0.1) is 0 Å². The molecule has 2 nitrogen and oxygen atoms in total. The predicted molar refractivity (Wildman–Crippen MR) is 62.6 cm³/mol. The lowest BCUT2D eigenvalue weighted by atomic mass is 10.3. The van der Waals surface area contributed by atoms with Crippen LogP contribution in [0.4, 0.5) is 5.82 Å². The van der Waals surface area contributed by atoms with Gasteiger partial charge in [0.05, 0.1) is 0 Å². The molecule has 0 radical (unpaired) electrons. The maximum absolute atomic E-state index is 4.50. The molecule has 1 heterocycles. The molecular formula is C11H15BrN2. The van der Waals surface area contributed by atoms with Gasteiger partial charge in [0, 0.05) is 12.6 Å². The number of hydrogen-bond acceptors (Lipinski definition) is 2. The zero-order valence-corrected chi connectivity index (χ0v) is 10.00. The number of hydrogen-bond donors (Lipinski definition) is 0. The van der Waals surface area contributed by atoms with E-state index in [0.29, 0.717) is 0 Å². The second kappa shape index (κ2) is 4.30. The molecule has 1 aliphatic rings. The van der Waals surface area contributed by atoms with Crippen molar-refractivity contribution in [1.29, 1.82) is 0 Å². The van der Waals surface area contributed by atoms with Gasteiger partial charge in [-0.3, -0.25) is 0 Å². The first-order valence-corrected chi connectivity index (χ1v) is 5.99. The van der Waals surface area contributed by atoms with Gasteiger partial charge in [-0.2, -0.15) is 0 Å². The van der Waals surface area contributed by atoms with Crippen LogP contribution < -0.4 is 4.90 Å². The van der Waals surface area contributed by atoms with Gasteiger partial charge in [-0.05, 0) is 47.3 Å². The van der Waals surface area contributed by atoms with Gasteiger partial charge in [-0.1, -0.05) is 13.0 Å². The van der Waals surface area contributed by atoms with Crippen LogP contribution in [0.2, 0.25) is 0 Å². The van der Waals surface area contributed by atoms with Crippen molar-refractivity contribution < 1.29 is 0 Å². The number of aromatic nitrogens is 1. The van der Waals surface area contributed by atoms with Crippen molar-refractivity contribution in [1.82, 2.24) is 4.98 Å². The minimum absolute atomic E-state index is 0.747. The Kier molecular flexibility index (Phi) is 3.06. The molecule has 0 N–H and O–H groups in total. The molecule has 0 atom stereocenters. The van der Waals surface area contributed by atoms with Crippen LogP contribution in [0.25, 0.3) is 0 Å². The van der Waals surface area contributed by atoms with Crippen molar-refractivity contribution in [2.24, 2.45) is 0 Å².